The summed E-state index contributed by atoms with van der Waals surface area (Å²) >= 11 is 0. The third-order valence-corrected chi connectivity index (χ3v) is 4.37. The van der Waals surface area contributed by atoms with Gasteiger partial charge in [0.05, 0.1) is 5.56 Å². The SMILES string of the molecule is Cc1ncc(C(=O)N2CCC(Cc3ccc(F)cc3)CC2)cn1. The summed E-state index contributed by atoms with van der Waals surface area (Å²) in [6.07, 6.45) is 6.06. The highest BCUT2D eigenvalue weighted by atomic mass is 19.1. The summed E-state index contributed by atoms with van der Waals surface area (Å²) in [5, 5.41) is 0. The van der Waals surface area contributed by atoms with Crippen molar-refractivity contribution in [2.75, 3.05) is 13.1 Å². The molecule has 5 heteroatoms. The van der Waals surface area contributed by atoms with Crippen LogP contribution in [0.4, 0.5) is 4.39 Å². The first-order valence-electron chi connectivity index (χ1n) is 7.94. The molecule has 0 spiro atoms. The fourth-order valence-electron chi connectivity index (χ4n) is 2.98. The van der Waals surface area contributed by atoms with Gasteiger partial charge in [0, 0.05) is 25.5 Å². The van der Waals surface area contributed by atoms with E-state index >= 15 is 0 Å². The Hall–Kier alpha value is -2.30. The van der Waals surface area contributed by atoms with Gasteiger partial charge in [-0.05, 0) is 49.8 Å². The van der Waals surface area contributed by atoms with Gasteiger partial charge >= 0.3 is 0 Å². The van der Waals surface area contributed by atoms with Crippen LogP contribution in [0.25, 0.3) is 0 Å². The largest absolute Gasteiger partial charge is 0.339 e. The molecule has 2 heterocycles. The topological polar surface area (TPSA) is 46.1 Å². The molecule has 0 atom stereocenters. The second-order valence-electron chi connectivity index (χ2n) is 6.09. The number of nitrogens with zero attached hydrogens (tertiary/aromatic N) is 3. The number of likely N-dealkylation sites (tertiary alicyclic amines) is 1. The van der Waals surface area contributed by atoms with Crippen molar-refractivity contribution < 1.29 is 9.18 Å². The first kappa shape index (κ1) is 15.6. The van der Waals surface area contributed by atoms with Crippen molar-refractivity contribution in [3.63, 3.8) is 0 Å². The maximum Gasteiger partial charge on any atom is 0.256 e. The van der Waals surface area contributed by atoms with E-state index in [2.05, 4.69) is 9.97 Å². The summed E-state index contributed by atoms with van der Waals surface area (Å²) in [6, 6.07) is 6.70. The van der Waals surface area contributed by atoms with Crippen molar-refractivity contribution in [3.05, 3.63) is 59.4 Å². The lowest BCUT2D eigenvalue weighted by Crippen LogP contribution is -2.39. The third-order valence-electron chi connectivity index (χ3n) is 4.37. The minimum atomic E-state index is -0.200. The minimum absolute atomic E-state index is 0.00484. The molecule has 120 valence electrons. The van der Waals surface area contributed by atoms with Gasteiger partial charge in [0.25, 0.3) is 5.91 Å². The Balaban J connectivity index is 1.54. The normalized spacial score (nSPS) is 15.7. The van der Waals surface area contributed by atoms with E-state index < -0.39 is 0 Å². The Morgan fingerprint density at radius 1 is 1.17 bits per heavy atom. The lowest BCUT2D eigenvalue weighted by Gasteiger charge is -2.32. The zero-order valence-corrected chi connectivity index (χ0v) is 13.2. The molecule has 0 N–H and O–H groups in total. The van der Waals surface area contributed by atoms with Gasteiger partial charge in [0.1, 0.15) is 11.6 Å². The van der Waals surface area contributed by atoms with Gasteiger partial charge in [-0.15, -0.1) is 0 Å². The Morgan fingerprint density at radius 3 is 2.39 bits per heavy atom. The molecule has 0 unspecified atom stereocenters. The summed E-state index contributed by atoms with van der Waals surface area (Å²) in [5.74, 6) is 1.01. The van der Waals surface area contributed by atoms with Crippen molar-refractivity contribution in [1.82, 2.24) is 14.9 Å². The molecule has 0 saturated carbocycles. The molecule has 0 aliphatic carbocycles. The molecular weight excluding hydrogens is 293 g/mol. The van der Waals surface area contributed by atoms with Crippen LogP contribution in [0.3, 0.4) is 0 Å². The Labute approximate surface area is 135 Å². The highest BCUT2D eigenvalue weighted by Gasteiger charge is 2.24. The summed E-state index contributed by atoms with van der Waals surface area (Å²) in [5.41, 5.74) is 1.70. The molecule has 2 aromatic rings. The number of aryl methyl sites for hydroxylation is 1. The number of benzene rings is 1. The number of hydrogen-bond donors (Lipinski definition) is 0. The summed E-state index contributed by atoms with van der Waals surface area (Å²) in [4.78, 5) is 22.5. The van der Waals surface area contributed by atoms with Crippen LogP contribution >= 0.6 is 0 Å². The number of carbonyl (C=O) groups excluding carboxylic acids is 1. The second-order valence-corrected chi connectivity index (χ2v) is 6.09. The lowest BCUT2D eigenvalue weighted by atomic mass is 9.90. The molecule has 0 bridgehead atoms. The highest BCUT2D eigenvalue weighted by Crippen LogP contribution is 2.22. The van der Waals surface area contributed by atoms with E-state index in [1.165, 1.54) is 12.1 Å². The number of piperidine rings is 1. The van der Waals surface area contributed by atoms with Crippen molar-refractivity contribution in [2.24, 2.45) is 5.92 Å². The van der Waals surface area contributed by atoms with Crippen molar-refractivity contribution in [3.8, 4) is 0 Å². The number of rotatable bonds is 3. The van der Waals surface area contributed by atoms with Crippen LogP contribution in [-0.2, 0) is 6.42 Å². The Morgan fingerprint density at radius 2 is 1.78 bits per heavy atom. The van der Waals surface area contributed by atoms with Crippen LogP contribution in [0.2, 0.25) is 0 Å². The molecule has 0 radical (unpaired) electrons. The van der Waals surface area contributed by atoms with E-state index in [0.717, 1.165) is 37.9 Å². The first-order chi connectivity index (χ1) is 11.1. The fourth-order valence-corrected chi connectivity index (χ4v) is 2.98. The van der Waals surface area contributed by atoms with Crippen LogP contribution in [0.15, 0.2) is 36.7 Å². The molecule has 1 aromatic carbocycles. The summed E-state index contributed by atoms with van der Waals surface area (Å²) in [7, 11) is 0. The highest BCUT2D eigenvalue weighted by molar-refractivity contribution is 5.93. The Bertz CT molecular complexity index is 662. The van der Waals surface area contributed by atoms with Gasteiger partial charge in [-0.25, -0.2) is 14.4 Å². The van der Waals surface area contributed by atoms with Crippen LogP contribution in [0.5, 0.6) is 0 Å². The van der Waals surface area contributed by atoms with Crippen LogP contribution in [-0.4, -0.2) is 33.9 Å². The van der Waals surface area contributed by atoms with E-state index in [-0.39, 0.29) is 11.7 Å². The predicted molar refractivity (Wildman–Crippen MR) is 85.5 cm³/mol. The van der Waals surface area contributed by atoms with E-state index in [0.29, 0.717) is 17.3 Å². The molecule has 1 fully saturated rings. The summed E-state index contributed by atoms with van der Waals surface area (Å²) < 4.78 is 12.9. The van der Waals surface area contributed by atoms with Gasteiger partial charge in [0.15, 0.2) is 0 Å². The van der Waals surface area contributed by atoms with E-state index in [9.17, 15) is 9.18 Å². The van der Waals surface area contributed by atoms with Gasteiger partial charge in [0.2, 0.25) is 0 Å². The van der Waals surface area contributed by atoms with E-state index in [1.807, 2.05) is 17.0 Å². The van der Waals surface area contributed by atoms with E-state index in [1.54, 1.807) is 19.3 Å². The molecule has 1 aliphatic rings. The average molecular weight is 313 g/mol. The number of carbonyl (C=O) groups is 1. The third kappa shape index (κ3) is 3.92. The fraction of sp³-hybridized carbons (Fsp3) is 0.389. The van der Waals surface area contributed by atoms with Gasteiger partial charge in [-0.2, -0.15) is 0 Å². The predicted octanol–water partition coefficient (Wildman–Crippen LogP) is 3.02. The van der Waals surface area contributed by atoms with Gasteiger partial charge in [-0.1, -0.05) is 12.1 Å². The van der Waals surface area contributed by atoms with Crippen molar-refractivity contribution in [2.45, 2.75) is 26.2 Å². The number of amides is 1. The Kier molecular flexibility index (Phi) is 4.65. The standard InChI is InChI=1S/C18H20FN3O/c1-13-20-11-16(12-21-13)18(23)22-8-6-15(7-9-22)10-14-2-4-17(19)5-3-14/h2-5,11-12,15H,6-10H2,1H3. The maximum absolute atomic E-state index is 12.9. The number of halogens is 1. The van der Waals surface area contributed by atoms with Gasteiger partial charge < -0.3 is 4.90 Å². The molecule has 4 nitrogen and oxygen atoms in total. The average Bonchev–Trinajstić information content (AvgIpc) is 2.58. The van der Waals surface area contributed by atoms with E-state index in [4.69, 9.17) is 0 Å². The zero-order valence-electron chi connectivity index (χ0n) is 13.2. The number of aromatic nitrogens is 2. The van der Waals surface area contributed by atoms with Crippen LogP contribution in [0.1, 0.15) is 34.6 Å². The molecule has 1 aromatic heterocycles. The monoisotopic (exact) mass is 313 g/mol. The van der Waals surface area contributed by atoms with Crippen molar-refractivity contribution >= 4 is 5.91 Å². The molecule has 23 heavy (non-hydrogen) atoms. The zero-order chi connectivity index (χ0) is 16.2. The lowest BCUT2D eigenvalue weighted by molar-refractivity contribution is 0.0689. The molecular formula is C18H20FN3O. The molecule has 3 rings (SSSR count). The van der Waals surface area contributed by atoms with Gasteiger partial charge in [-0.3, -0.25) is 4.79 Å². The maximum atomic E-state index is 12.9. The summed E-state index contributed by atoms with van der Waals surface area (Å²) in [6.45, 7) is 3.30. The van der Waals surface area contributed by atoms with Crippen LogP contribution in [0, 0.1) is 18.7 Å². The quantitative estimate of drug-likeness (QED) is 0.875. The molecule has 1 aliphatic heterocycles. The first-order valence-corrected chi connectivity index (χ1v) is 7.94. The van der Waals surface area contributed by atoms with Crippen LogP contribution < -0.4 is 0 Å². The minimum Gasteiger partial charge on any atom is -0.339 e. The van der Waals surface area contributed by atoms with Crippen molar-refractivity contribution in [1.29, 1.82) is 0 Å². The number of hydrogen-bond acceptors (Lipinski definition) is 3. The molecule has 1 amide bonds. The smallest absolute Gasteiger partial charge is 0.256 e. The second kappa shape index (κ2) is 6.86. The molecule has 1 saturated heterocycles.